The van der Waals surface area contributed by atoms with E-state index in [9.17, 15) is 23.5 Å². The van der Waals surface area contributed by atoms with Crippen LogP contribution in [0.15, 0.2) is 18.2 Å². The highest BCUT2D eigenvalue weighted by molar-refractivity contribution is 5.76. The molecule has 3 unspecified atom stereocenters. The van der Waals surface area contributed by atoms with Crippen LogP contribution < -0.4 is 10.6 Å². The van der Waals surface area contributed by atoms with E-state index >= 15 is 0 Å². The molecule has 0 saturated carbocycles. The standard InChI is InChI=1S/C22H34F2N2O3/c1-4-6-7-9-22(29)26-19(8-5-2)14-21(28)20(25-15(3)27)12-16-10-17(23)13-18(24)11-16/h10-11,13,19-21,28H,4-9,12,14H2,1-3H3,(H,25,27)(H,26,29). The predicted octanol–water partition coefficient (Wildman–Crippen LogP) is 3.63. The first-order valence-electron chi connectivity index (χ1n) is 10.4. The molecule has 0 aromatic heterocycles. The van der Waals surface area contributed by atoms with Crippen molar-refractivity contribution in [3.8, 4) is 0 Å². The monoisotopic (exact) mass is 412 g/mol. The largest absolute Gasteiger partial charge is 0.391 e. The Labute approximate surface area is 172 Å². The van der Waals surface area contributed by atoms with Crippen LogP contribution >= 0.6 is 0 Å². The molecule has 1 aromatic rings. The van der Waals surface area contributed by atoms with Gasteiger partial charge in [0.15, 0.2) is 0 Å². The zero-order valence-electron chi connectivity index (χ0n) is 17.6. The second-order valence-electron chi connectivity index (χ2n) is 7.60. The SMILES string of the molecule is CCCCCC(=O)NC(CCC)CC(O)C(Cc1cc(F)cc(F)c1)NC(C)=O. The van der Waals surface area contributed by atoms with E-state index in [1.54, 1.807) is 0 Å². The molecule has 0 fully saturated rings. The Kier molecular flexibility index (Phi) is 11.4. The molecule has 0 aliphatic rings. The van der Waals surface area contributed by atoms with Crippen LogP contribution in [0.3, 0.4) is 0 Å². The molecule has 164 valence electrons. The molecule has 0 aliphatic heterocycles. The third kappa shape index (κ3) is 10.4. The number of hydrogen-bond donors (Lipinski definition) is 3. The Morgan fingerprint density at radius 2 is 1.69 bits per heavy atom. The summed E-state index contributed by atoms with van der Waals surface area (Å²) in [6, 6.07) is 2.20. The predicted molar refractivity (Wildman–Crippen MR) is 109 cm³/mol. The molecule has 0 heterocycles. The average molecular weight is 413 g/mol. The molecule has 5 nitrogen and oxygen atoms in total. The van der Waals surface area contributed by atoms with Crippen molar-refractivity contribution < 1.29 is 23.5 Å². The van der Waals surface area contributed by atoms with Gasteiger partial charge in [-0.2, -0.15) is 0 Å². The number of amides is 2. The molecule has 0 bridgehead atoms. The molecule has 1 aromatic carbocycles. The number of aliphatic hydroxyl groups is 1. The van der Waals surface area contributed by atoms with Crippen molar-refractivity contribution >= 4 is 11.8 Å². The minimum Gasteiger partial charge on any atom is -0.391 e. The molecule has 3 N–H and O–H groups in total. The summed E-state index contributed by atoms with van der Waals surface area (Å²) < 4.78 is 27.0. The van der Waals surface area contributed by atoms with Crippen molar-refractivity contribution in [1.82, 2.24) is 10.6 Å². The summed E-state index contributed by atoms with van der Waals surface area (Å²) in [4.78, 5) is 23.7. The van der Waals surface area contributed by atoms with Gasteiger partial charge in [-0.05, 0) is 43.4 Å². The molecule has 1 rings (SSSR count). The van der Waals surface area contributed by atoms with Crippen molar-refractivity contribution in [3.63, 3.8) is 0 Å². The van der Waals surface area contributed by atoms with Gasteiger partial charge in [-0.3, -0.25) is 9.59 Å². The van der Waals surface area contributed by atoms with Crippen molar-refractivity contribution in [2.45, 2.75) is 90.3 Å². The zero-order chi connectivity index (χ0) is 21.8. The van der Waals surface area contributed by atoms with Gasteiger partial charge in [0.2, 0.25) is 11.8 Å². The molecular weight excluding hydrogens is 378 g/mol. The van der Waals surface area contributed by atoms with E-state index in [1.165, 1.54) is 19.1 Å². The Morgan fingerprint density at radius 1 is 1.03 bits per heavy atom. The quantitative estimate of drug-likeness (QED) is 0.433. The molecule has 2 amide bonds. The topological polar surface area (TPSA) is 78.4 Å². The highest BCUT2D eigenvalue weighted by Crippen LogP contribution is 2.16. The maximum atomic E-state index is 13.5. The van der Waals surface area contributed by atoms with Crippen molar-refractivity contribution in [1.29, 1.82) is 0 Å². The fourth-order valence-electron chi connectivity index (χ4n) is 3.42. The summed E-state index contributed by atoms with van der Waals surface area (Å²) in [5.74, 6) is -1.81. The van der Waals surface area contributed by atoms with Crippen LogP contribution in [0.25, 0.3) is 0 Å². The number of carbonyl (C=O) groups excluding carboxylic acids is 2. The summed E-state index contributed by atoms with van der Waals surface area (Å²) in [6.45, 7) is 5.38. The molecule has 0 radical (unpaired) electrons. The van der Waals surface area contributed by atoms with Crippen LogP contribution in [0.4, 0.5) is 8.78 Å². The van der Waals surface area contributed by atoms with Crippen LogP contribution in [-0.4, -0.2) is 35.1 Å². The van der Waals surface area contributed by atoms with Gasteiger partial charge in [0.1, 0.15) is 11.6 Å². The Morgan fingerprint density at radius 3 is 2.24 bits per heavy atom. The van der Waals surface area contributed by atoms with Gasteiger partial charge in [-0.15, -0.1) is 0 Å². The number of carbonyl (C=O) groups is 2. The minimum absolute atomic E-state index is 0.0487. The van der Waals surface area contributed by atoms with Gasteiger partial charge in [-0.25, -0.2) is 8.78 Å². The van der Waals surface area contributed by atoms with E-state index in [2.05, 4.69) is 17.6 Å². The smallest absolute Gasteiger partial charge is 0.220 e. The summed E-state index contributed by atoms with van der Waals surface area (Å²) in [5.41, 5.74) is 0.343. The van der Waals surface area contributed by atoms with Gasteiger partial charge in [-0.1, -0.05) is 33.1 Å². The second kappa shape index (κ2) is 13.2. The van der Waals surface area contributed by atoms with E-state index in [4.69, 9.17) is 0 Å². The molecule has 3 atom stereocenters. The molecule has 0 saturated heterocycles. The lowest BCUT2D eigenvalue weighted by atomic mass is 9.94. The van der Waals surface area contributed by atoms with Crippen LogP contribution in [0, 0.1) is 11.6 Å². The Balaban J connectivity index is 2.80. The number of hydrogen-bond acceptors (Lipinski definition) is 3. The first kappa shape index (κ1) is 25.0. The molecule has 7 heteroatoms. The molecule has 0 aliphatic carbocycles. The van der Waals surface area contributed by atoms with Crippen molar-refractivity contribution in [3.05, 3.63) is 35.4 Å². The van der Waals surface area contributed by atoms with E-state index in [0.717, 1.165) is 31.7 Å². The maximum Gasteiger partial charge on any atom is 0.220 e. The lowest BCUT2D eigenvalue weighted by Crippen LogP contribution is -2.47. The number of benzene rings is 1. The van der Waals surface area contributed by atoms with Gasteiger partial charge in [0, 0.05) is 25.5 Å². The summed E-state index contributed by atoms with van der Waals surface area (Å²) in [7, 11) is 0. The minimum atomic E-state index is -0.974. The second-order valence-corrected chi connectivity index (χ2v) is 7.60. The van der Waals surface area contributed by atoms with Crippen LogP contribution in [-0.2, 0) is 16.0 Å². The third-order valence-corrected chi connectivity index (χ3v) is 4.77. The molecule has 0 spiro atoms. The number of nitrogens with one attached hydrogen (secondary N) is 2. The van der Waals surface area contributed by atoms with Crippen molar-refractivity contribution in [2.75, 3.05) is 0 Å². The zero-order valence-corrected chi connectivity index (χ0v) is 17.6. The number of rotatable bonds is 13. The van der Waals surface area contributed by atoms with Crippen LogP contribution in [0.5, 0.6) is 0 Å². The lowest BCUT2D eigenvalue weighted by molar-refractivity contribution is -0.123. The van der Waals surface area contributed by atoms with E-state index < -0.39 is 23.8 Å². The highest BCUT2D eigenvalue weighted by atomic mass is 19.1. The summed E-state index contributed by atoms with van der Waals surface area (Å²) in [6.07, 6.45) is 4.16. The Bertz CT molecular complexity index is 635. The number of aliphatic hydroxyl groups excluding tert-OH is 1. The first-order chi connectivity index (χ1) is 13.7. The number of halogens is 2. The van der Waals surface area contributed by atoms with Crippen LogP contribution in [0.2, 0.25) is 0 Å². The van der Waals surface area contributed by atoms with Gasteiger partial charge in [0.05, 0.1) is 12.1 Å². The normalized spacial score (nSPS) is 14.1. The third-order valence-electron chi connectivity index (χ3n) is 4.77. The molecular formula is C22H34F2N2O3. The first-order valence-corrected chi connectivity index (χ1v) is 10.4. The molecule has 29 heavy (non-hydrogen) atoms. The summed E-state index contributed by atoms with van der Waals surface area (Å²) >= 11 is 0. The maximum absolute atomic E-state index is 13.5. The van der Waals surface area contributed by atoms with Gasteiger partial charge in [0.25, 0.3) is 0 Å². The van der Waals surface area contributed by atoms with Gasteiger partial charge < -0.3 is 15.7 Å². The van der Waals surface area contributed by atoms with E-state index in [0.29, 0.717) is 18.4 Å². The van der Waals surface area contributed by atoms with Gasteiger partial charge >= 0.3 is 0 Å². The fraction of sp³-hybridized carbons (Fsp3) is 0.636. The highest BCUT2D eigenvalue weighted by Gasteiger charge is 2.25. The van der Waals surface area contributed by atoms with E-state index in [-0.39, 0.29) is 30.7 Å². The summed E-state index contributed by atoms with van der Waals surface area (Å²) in [5, 5.41) is 16.4. The Hall–Kier alpha value is -2.02. The lowest BCUT2D eigenvalue weighted by Gasteiger charge is -2.28. The van der Waals surface area contributed by atoms with E-state index in [1.807, 2.05) is 6.92 Å². The van der Waals surface area contributed by atoms with Crippen LogP contribution in [0.1, 0.15) is 71.3 Å². The fourth-order valence-corrected chi connectivity index (χ4v) is 3.42. The number of unbranched alkanes of at least 4 members (excludes halogenated alkanes) is 2. The van der Waals surface area contributed by atoms with Crippen molar-refractivity contribution in [2.24, 2.45) is 0 Å². The average Bonchev–Trinajstić information content (AvgIpc) is 2.60.